The molecule has 0 radical (unpaired) electrons. The van der Waals surface area contributed by atoms with Crippen LogP contribution >= 0.6 is 0 Å². The van der Waals surface area contributed by atoms with Gasteiger partial charge in [0.05, 0.1) is 24.1 Å². The van der Waals surface area contributed by atoms with E-state index >= 15 is 0 Å². The summed E-state index contributed by atoms with van der Waals surface area (Å²) in [6, 6.07) is 1.74. The van der Waals surface area contributed by atoms with Crippen molar-refractivity contribution >= 4 is 29.2 Å². The second kappa shape index (κ2) is 9.14. The highest BCUT2D eigenvalue weighted by atomic mass is 16.5. The highest BCUT2D eigenvalue weighted by Crippen LogP contribution is 2.31. The van der Waals surface area contributed by atoms with Gasteiger partial charge < -0.3 is 20.1 Å². The number of pyridine rings is 1. The molecule has 4 heterocycles. The minimum absolute atomic E-state index is 0.0236. The highest BCUT2D eigenvalue weighted by Gasteiger charge is 2.30. The lowest BCUT2D eigenvalue weighted by Crippen LogP contribution is -2.36. The molecule has 3 aromatic rings. The van der Waals surface area contributed by atoms with Gasteiger partial charge in [-0.25, -0.2) is 0 Å². The number of aromatic nitrogens is 4. The molecule has 0 bridgehead atoms. The molecule has 1 aliphatic heterocycles. The SMILES string of the molecule is Cc1nn2c(=O)c(C(=O)NC3CC3)c(O)n(CC(C)C)c2c1/C=C/C(=O)N1CCOc2cnccc21. The largest absolute Gasteiger partial charge is 0.494 e. The van der Waals surface area contributed by atoms with E-state index in [0.29, 0.717) is 48.0 Å². The van der Waals surface area contributed by atoms with E-state index in [1.807, 2.05) is 13.8 Å². The molecule has 11 nitrogen and oxygen atoms in total. The molecule has 1 aliphatic carbocycles. The maximum atomic E-state index is 13.3. The molecule has 36 heavy (non-hydrogen) atoms. The number of nitrogens with zero attached hydrogens (tertiary/aromatic N) is 5. The normalized spacial score (nSPS) is 15.4. The molecular formula is C25H28N6O5. The van der Waals surface area contributed by atoms with Crippen molar-refractivity contribution in [1.82, 2.24) is 24.5 Å². The van der Waals surface area contributed by atoms with Gasteiger partial charge in [0.25, 0.3) is 17.4 Å². The molecule has 0 spiro atoms. The number of hydrogen-bond acceptors (Lipinski definition) is 7. The molecule has 11 heteroatoms. The van der Waals surface area contributed by atoms with Gasteiger partial charge >= 0.3 is 0 Å². The van der Waals surface area contributed by atoms with Crippen LogP contribution in [0.25, 0.3) is 11.7 Å². The number of hydrogen-bond donors (Lipinski definition) is 2. The van der Waals surface area contributed by atoms with Gasteiger partial charge in [0.1, 0.15) is 12.3 Å². The number of amides is 2. The number of fused-ring (bicyclic) bond motifs is 2. The average molecular weight is 493 g/mol. The number of nitrogens with one attached hydrogen (secondary N) is 1. The maximum absolute atomic E-state index is 13.3. The smallest absolute Gasteiger partial charge is 0.291 e. The van der Waals surface area contributed by atoms with Gasteiger partial charge in [-0.1, -0.05) is 13.8 Å². The van der Waals surface area contributed by atoms with E-state index in [9.17, 15) is 19.5 Å². The van der Waals surface area contributed by atoms with E-state index in [4.69, 9.17) is 4.74 Å². The zero-order valence-electron chi connectivity index (χ0n) is 20.4. The molecule has 0 saturated heterocycles. The van der Waals surface area contributed by atoms with Gasteiger partial charge in [-0.3, -0.25) is 23.9 Å². The van der Waals surface area contributed by atoms with Crippen molar-refractivity contribution in [1.29, 1.82) is 0 Å². The summed E-state index contributed by atoms with van der Waals surface area (Å²) in [6.07, 6.45) is 7.87. The number of carbonyl (C=O) groups is 2. The minimum Gasteiger partial charge on any atom is -0.494 e. The summed E-state index contributed by atoms with van der Waals surface area (Å²) in [5.74, 6) is -0.666. The van der Waals surface area contributed by atoms with E-state index in [2.05, 4.69) is 15.4 Å². The van der Waals surface area contributed by atoms with Crippen LogP contribution in [0.5, 0.6) is 11.6 Å². The van der Waals surface area contributed by atoms with Gasteiger partial charge in [0.15, 0.2) is 11.3 Å². The van der Waals surface area contributed by atoms with E-state index < -0.39 is 17.3 Å². The third-order valence-corrected chi connectivity index (χ3v) is 6.19. The Morgan fingerprint density at radius 2 is 2.11 bits per heavy atom. The first-order valence-corrected chi connectivity index (χ1v) is 12.0. The number of aromatic hydroxyl groups is 1. The first-order chi connectivity index (χ1) is 17.3. The molecule has 3 aromatic heterocycles. The Morgan fingerprint density at radius 3 is 2.83 bits per heavy atom. The Labute approximate surface area is 207 Å². The van der Waals surface area contributed by atoms with Crippen LogP contribution < -0.4 is 20.5 Å². The molecule has 2 N–H and O–H groups in total. The first-order valence-electron chi connectivity index (χ1n) is 12.0. The fourth-order valence-corrected chi connectivity index (χ4v) is 4.33. The van der Waals surface area contributed by atoms with Crippen molar-refractivity contribution in [2.24, 2.45) is 5.92 Å². The number of rotatable bonds is 6. The first kappa shape index (κ1) is 23.6. The average Bonchev–Trinajstić information content (AvgIpc) is 3.60. The van der Waals surface area contributed by atoms with Crippen molar-refractivity contribution in [3.8, 4) is 11.6 Å². The lowest BCUT2D eigenvalue weighted by atomic mass is 10.1. The second-order valence-corrected chi connectivity index (χ2v) is 9.51. The quantitative estimate of drug-likeness (QED) is 0.503. The van der Waals surface area contributed by atoms with Crippen LogP contribution in [0.4, 0.5) is 5.69 Å². The Bertz CT molecular complexity index is 1450. The summed E-state index contributed by atoms with van der Waals surface area (Å²) in [7, 11) is 0. The molecule has 2 aliphatic rings. The van der Waals surface area contributed by atoms with Gasteiger partial charge in [0, 0.05) is 30.4 Å². The van der Waals surface area contributed by atoms with Gasteiger partial charge in [-0.2, -0.15) is 9.61 Å². The monoisotopic (exact) mass is 492 g/mol. The number of anilines is 1. The number of ether oxygens (including phenoxy) is 1. The summed E-state index contributed by atoms with van der Waals surface area (Å²) in [4.78, 5) is 44.8. The molecule has 2 amide bonds. The van der Waals surface area contributed by atoms with E-state index in [1.165, 1.54) is 10.6 Å². The van der Waals surface area contributed by atoms with E-state index in [0.717, 1.165) is 17.4 Å². The summed E-state index contributed by atoms with van der Waals surface area (Å²) >= 11 is 0. The fourth-order valence-electron chi connectivity index (χ4n) is 4.33. The Morgan fingerprint density at radius 1 is 1.33 bits per heavy atom. The Balaban J connectivity index is 1.58. The third kappa shape index (κ3) is 4.21. The molecule has 0 unspecified atom stereocenters. The van der Waals surface area contributed by atoms with E-state index in [1.54, 1.807) is 36.4 Å². The van der Waals surface area contributed by atoms with Crippen LogP contribution in [0.15, 0.2) is 29.3 Å². The maximum Gasteiger partial charge on any atom is 0.291 e. The predicted octanol–water partition coefficient (Wildman–Crippen LogP) is 1.89. The van der Waals surface area contributed by atoms with Crippen molar-refractivity contribution in [3.63, 3.8) is 0 Å². The molecule has 0 aromatic carbocycles. The van der Waals surface area contributed by atoms with Crippen LogP contribution in [-0.2, 0) is 11.3 Å². The van der Waals surface area contributed by atoms with Crippen molar-refractivity contribution in [2.45, 2.75) is 46.2 Å². The summed E-state index contributed by atoms with van der Waals surface area (Å²) in [5.41, 5.74) is 0.908. The lowest BCUT2D eigenvalue weighted by molar-refractivity contribution is -0.114. The van der Waals surface area contributed by atoms with Crippen molar-refractivity contribution in [2.75, 3.05) is 18.1 Å². The van der Waals surface area contributed by atoms with Gasteiger partial charge in [-0.15, -0.1) is 0 Å². The van der Waals surface area contributed by atoms with Crippen LogP contribution in [-0.4, -0.2) is 55.3 Å². The second-order valence-electron chi connectivity index (χ2n) is 9.51. The highest BCUT2D eigenvalue weighted by molar-refractivity contribution is 6.05. The predicted molar refractivity (Wildman–Crippen MR) is 132 cm³/mol. The zero-order valence-corrected chi connectivity index (χ0v) is 20.4. The van der Waals surface area contributed by atoms with Crippen LogP contribution in [0, 0.1) is 12.8 Å². The van der Waals surface area contributed by atoms with Crippen molar-refractivity contribution < 1.29 is 19.4 Å². The molecule has 5 rings (SSSR count). The Kier molecular flexibility index (Phi) is 5.99. The fraction of sp³-hybridized carbons (Fsp3) is 0.400. The molecule has 1 fully saturated rings. The molecular weight excluding hydrogens is 464 g/mol. The summed E-state index contributed by atoms with van der Waals surface area (Å²) in [5, 5.41) is 18.2. The van der Waals surface area contributed by atoms with E-state index in [-0.39, 0.29) is 23.4 Å². The number of aryl methyl sites for hydroxylation is 1. The molecule has 1 saturated carbocycles. The summed E-state index contributed by atoms with van der Waals surface area (Å²) < 4.78 is 8.24. The molecule has 0 atom stereocenters. The zero-order chi connectivity index (χ0) is 25.6. The third-order valence-electron chi connectivity index (χ3n) is 6.19. The standard InChI is InChI=1S/C25H28N6O5/c1-14(2)13-30-23-17(6-7-20(32)29-10-11-36-19-12-26-9-8-18(19)29)15(3)28-31(23)25(35)21(24(30)34)22(33)27-16-4-5-16/h6-9,12,14,16,34H,4-5,10-11,13H2,1-3H3,(H,27,33)/b7-6+. The lowest BCUT2D eigenvalue weighted by Gasteiger charge is -2.28. The Hall–Kier alpha value is -4.15. The van der Waals surface area contributed by atoms with Crippen molar-refractivity contribution in [3.05, 3.63) is 51.7 Å². The van der Waals surface area contributed by atoms with Crippen LogP contribution in [0.1, 0.15) is 48.3 Å². The minimum atomic E-state index is -0.704. The van der Waals surface area contributed by atoms with Gasteiger partial charge in [0.2, 0.25) is 5.88 Å². The number of carbonyl (C=O) groups excluding carboxylic acids is 2. The summed E-state index contributed by atoms with van der Waals surface area (Å²) in [6.45, 7) is 6.71. The van der Waals surface area contributed by atoms with Crippen LogP contribution in [0.2, 0.25) is 0 Å². The molecule has 188 valence electrons. The van der Waals surface area contributed by atoms with Gasteiger partial charge in [-0.05, 0) is 37.8 Å². The topological polar surface area (TPSA) is 131 Å². The van der Waals surface area contributed by atoms with Crippen LogP contribution in [0.3, 0.4) is 0 Å².